The highest BCUT2D eigenvalue weighted by atomic mass is 79.9. The molecule has 4 saturated heterocycles. The van der Waals surface area contributed by atoms with Gasteiger partial charge in [-0.05, 0) is 120 Å². The molecule has 0 aromatic rings. The van der Waals surface area contributed by atoms with Crippen molar-refractivity contribution in [3.05, 3.63) is 0 Å². The summed E-state index contributed by atoms with van der Waals surface area (Å²) in [5.74, 6) is 0. The molecular formula is C30H52Br2O6. The van der Waals surface area contributed by atoms with Gasteiger partial charge in [-0.2, -0.15) is 0 Å². The number of fused-ring (bicyclic) bond motifs is 2. The maximum absolute atomic E-state index is 11.7. The van der Waals surface area contributed by atoms with Gasteiger partial charge in [0.1, 0.15) is 0 Å². The zero-order valence-electron chi connectivity index (χ0n) is 24.8. The zero-order chi connectivity index (χ0) is 28.4. The molecule has 10 atom stereocenters. The summed E-state index contributed by atoms with van der Waals surface area (Å²) < 4.78 is 26.8. The van der Waals surface area contributed by atoms with Gasteiger partial charge in [0.2, 0.25) is 0 Å². The van der Waals surface area contributed by atoms with Crippen LogP contribution in [0.3, 0.4) is 0 Å². The van der Waals surface area contributed by atoms with Crippen LogP contribution in [0, 0.1) is 0 Å². The van der Waals surface area contributed by atoms with E-state index < -0.39 is 22.4 Å². The first kappa shape index (κ1) is 31.7. The van der Waals surface area contributed by atoms with E-state index in [9.17, 15) is 10.2 Å². The van der Waals surface area contributed by atoms with Gasteiger partial charge in [0, 0.05) is 9.65 Å². The molecule has 222 valence electrons. The lowest BCUT2D eigenvalue weighted by molar-refractivity contribution is -0.261. The predicted octanol–water partition coefficient (Wildman–Crippen LogP) is 6.59. The van der Waals surface area contributed by atoms with Crippen molar-refractivity contribution in [3.8, 4) is 0 Å². The van der Waals surface area contributed by atoms with Gasteiger partial charge in [0.15, 0.2) is 0 Å². The van der Waals surface area contributed by atoms with E-state index >= 15 is 0 Å². The highest BCUT2D eigenvalue weighted by Gasteiger charge is 2.55. The Morgan fingerprint density at radius 2 is 1.24 bits per heavy atom. The first-order valence-corrected chi connectivity index (χ1v) is 16.6. The van der Waals surface area contributed by atoms with Crippen molar-refractivity contribution in [2.45, 2.75) is 187 Å². The van der Waals surface area contributed by atoms with Crippen molar-refractivity contribution >= 4 is 31.9 Å². The number of hydrogen-bond acceptors (Lipinski definition) is 6. The van der Waals surface area contributed by atoms with Crippen LogP contribution in [0.1, 0.15) is 120 Å². The van der Waals surface area contributed by atoms with E-state index in [0.717, 1.165) is 44.9 Å². The summed E-state index contributed by atoms with van der Waals surface area (Å²) in [5.41, 5.74) is -3.49. The Balaban J connectivity index is 1.44. The molecule has 0 radical (unpaired) electrons. The molecule has 2 N–H and O–H groups in total. The molecule has 4 aliphatic rings. The maximum atomic E-state index is 11.7. The van der Waals surface area contributed by atoms with Crippen LogP contribution in [0.2, 0.25) is 0 Å². The molecule has 38 heavy (non-hydrogen) atoms. The molecule has 0 bridgehead atoms. The summed E-state index contributed by atoms with van der Waals surface area (Å²) in [6.45, 7) is 16.6. The second kappa shape index (κ2) is 10.8. The molecule has 4 aliphatic heterocycles. The summed E-state index contributed by atoms with van der Waals surface area (Å²) >= 11 is 7.60. The summed E-state index contributed by atoms with van der Waals surface area (Å²) in [7, 11) is 0. The number of alkyl halides is 2. The van der Waals surface area contributed by atoms with Crippen molar-refractivity contribution in [3.63, 3.8) is 0 Å². The van der Waals surface area contributed by atoms with Crippen LogP contribution in [-0.4, -0.2) is 77.9 Å². The van der Waals surface area contributed by atoms with Crippen molar-refractivity contribution < 1.29 is 29.2 Å². The van der Waals surface area contributed by atoms with Crippen LogP contribution >= 0.6 is 31.9 Å². The molecule has 0 unspecified atom stereocenters. The van der Waals surface area contributed by atoms with Crippen molar-refractivity contribution in [2.24, 2.45) is 0 Å². The monoisotopic (exact) mass is 666 g/mol. The van der Waals surface area contributed by atoms with Gasteiger partial charge >= 0.3 is 0 Å². The van der Waals surface area contributed by atoms with Crippen LogP contribution in [0.4, 0.5) is 0 Å². The number of aliphatic hydroxyl groups is 2. The van der Waals surface area contributed by atoms with Crippen LogP contribution in [0.15, 0.2) is 0 Å². The highest BCUT2D eigenvalue weighted by Crippen LogP contribution is 2.49. The first-order chi connectivity index (χ1) is 17.3. The quantitative estimate of drug-likeness (QED) is 0.330. The molecule has 4 fully saturated rings. The fraction of sp³-hybridized carbons (Fsp3) is 1.00. The summed E-state index contributed by atoms with van der Waals surface area (Å²) in [4.78, 5) is 0.464. The third kappa shape index (κ3) is 6.38. The Kier molecular flexibility index (Phi) is 8.97. The summed E-state index contributed by atoms with van der Waals surface area (Å²) in [6, 6.07) is 0. The molecule has 4 heterocycles. The topological polar surface area (TPSA) is 77.4 Å². The molecule has 0 aromatic carbocycles. The van der Waals surface area contributed by atoms with E-state index in [2.05, 4.69) is 73.4 Å². The van der Waals surface area contributed by atoms with Crippen LogP contribution in [0.25, 0.3) is 0 Å². The maximum Gasteiger partial charge on any atom is 0.0921 e. The van der Waals surface area contributed by atoms with E-state index in [1.807, 2.05) is 13.8 Å². The molecule has 0 amide bonds. The molecule has 0 spiro atoms. The van der Waals surface area contributed by atoms with Crippen molar-refractivity contribution in [1.82, 2.24) is 0 Å². The predicted molar refractivity (Wildman–Crippen MR) is 157 cm³/mol. The highest BCUT2D eigenvalue weighted by molar-refractivity contribution is 9.09. The Bertz CT molecular complexity index is 847. The van der Waals surface area contributed by atoms with Gasteiger partial charge in [-0.1, -0.05) is 31.9 Å². The van der Waals surface area contributed by atoms with Crippen molar-refractivity contribution in [1.29, 1.82) is 0 Å². The average molecular weight is 669 g/mol. The Morgan fingerprint density at radius 1 is 0.711 bits per heavy atom. The lowest BCUT2D eigenvalue weighted by atomic mass is 9.79. The molecule has 0 aromatic heterocycles. The van der Waals surface area contributed by atoms with Gasteiger partial charge in [0.05, 0.1) is 58.0 Å². The van der Waals surface area contributed by atoms with E-state index in [1.54, 1.807) is 0 Å². The normalized spacial score (nSPS) is 48.9. The van der Waals surface area contributed by atoms with Gasteiger partial charge in [-0.3, -0.25) is 0 Å². The Morgan fingerprint density at radius 3 is 1.89 bits per heavy atom. The Labute approximate surface area is 247 Å². The standard InChI is InChI=1S/C30H52Br2O6/c1-25(2)19(31)11-15-27(5,33)22(35-25)13-16-28(6,34)21-9-10-23-30(8,37-21)18-14-24-29(7,38-23)17-12-20(32)26(3,4)36-24/h19-24,33-34H,9-18H2,1-8H3/t19-,20-,21+,22+,23-,24-,27+,28-,29+,30+/m1/s1. The molecule has 6 nitrogen and oxygen atoms in total. The third-order valence-electron chi connectivity index (χ3n) is 10.3. The Hall–Kier alpha value is 0.720. The first-order valence-electron chi connectivity index (χ1n) is 14.7. The van der Waals surface area contributed by atoms with Crippen LogP contribution in [-0.2, 0) is 18.9 Å². The average Bonchev–Trinajstić information content (AvgIpc) is 3.01. The minimum Gasteiger partial charge on any atom is -0.387 e. The fourth-order valence-electron chi connectivity index (χ4n) is 7.09. The molecule has 0 aliphatic carbocycles. The van der Waals surface area contributed by atoms with Crippen LogP contribution in [0.5, 0.6) is 0 Å². The number of rotatable bonds is 4. The van der Waals surface area contributed by atoms with E-state index in [0.29, 0.717) is 24.1 Å². The second-order valence-electron chi connectivity index (χ2n) is 14.6. The second-order valence-corrected chi connectivity index (χ2v) is 16.9. The van der Waals surface area contributed by atoms with Gasteiger partial charge < -0.3 is 29.2 Å². The minimum atomic E-state index is -1.04. The van der Waals surface area contributed by atoms with E-state index in [1.165, 1.54) is 0 Å². The summed E-state index contributed by atoms with van der Waals surface area (Å²) in [6.07, 6.45) is 7.08. The van der Waals surface area contributed by atoms with E-state index in [4.69, 9.17) is 18.9 Å². The van der Waals surface area contributed by atoms with Crippen molar-refractivity contribution in [2.75, 3.05) is 0 Å². The van der Waals surface area contributed by atoms with Gasteiger partial charge in [0.25, 0.3) is 0 Å². The molecule has 0 saturated carbocycles. The lowest BCUT2D eigenvalue weighted by Gasteiger charge is -2.49. The molecular weight excluding hydrogens is 616 g/mol. The zero-order valence-corrected chi connectivity index (χ0v) is 28.0. The third-order valence-corrected chi connectivity index (χ3v) is 13.4. The van der Waals surface area contributed by atoms with Gasteiger partial charge in [-0.15, -0.1) is 0 Å². The van der Waals surface area contributed by atoms with E-state index in [-0.39, 0.29) is 40.4 Å². The van der Waals surface area contributed by atoms with Gasteiger partial charge in [-0.25, -0.2) is 0 Å². The number of hydrogen-bond donors (Lipinski definition) is 2. The van der Waals surface area contributed by atoms with Crippen LogP contribution < -0.4 is 0 Å². The molecule has 8 heteroatoms. The molecule has 4 rings (SSSR count). The SMILES string of the molecule is CC1(C)O[C@@H](CC[C@@](C)(O)[C@@H]2CC[C@H]3O[C@@]4(C)CC[C@@H](Br)C(C)(C)O[C@@H]4CC[C@]3(C)O2)[C@@](C)(O)CC[C@H]1Br. The lowest BCUT2D eigenvalue weighted by Crippen LogP contribution is -2.57. The summed E-state index contributed by atoms with van der Waals surface area (Å²) in [5, 5.41) is 22.9. The largest absolute Gasteiger partial charge is 0.387 e. The number of halogens is 2. The smallest absolute Gasteiger partial charge is 0.0921 e. The minimum absolute atomic E-state index is 0.00117. The number of ether oxygens (including phenoxy) is 4. The fourth-order valence-corrected chi connectivity index (χ4v) is 7.76.